The molecule has 1 N–H and O–H groups in total. The highest BCUT2D eigenvalue weighted by Crippen LogP contribution is 2.15. The van der Waals surface area contributed by atoms with Crippen LogP contribution < -0.4 is 0 Å². The zero-order chi connectivity index (χ0) is 10.8. The van der Waals surface area contributed by atoms with E-state index in [1.807, 2.05) is 31.2 Å². The van der Waals surface area contributed by atoms with Gasteiger partial charge < -0.3 is 10.0 Å². The molecule has 1 fully saturated rings. The Morgan fingerprint density at radius 1 is 1.40 bits per heavy atom. The highest BCUT2D eigenvalue weighted by atomic mass is 16.3. The standard InChI is InChI=1S/C12H15NO2/c1-9-2-4-10(5-3-9)8-13-7-6-11(14)12(13)15/h2-5,11,14H,6-8H2,1H3. The van der Waals surface area contributed by atoms with Gasteiger partial charge in [-0.15, -0.1) is 0 Å². The molecule has 0 aliphatic carbocycles. The van der Waals surface area contributed by atoms with Gasteiger partial charge in [-0.05, 0) is 18.9 Å². The topological polar surface area (TPSA) is 40.5 Å². The second-order valence-corrected chi connectivity index (χ2v) is 4.05. The molecular formula is C12H15NO2. The summed E-state index contributed by atoms with van der Waals surface area (Å²) < 4.78 is 0. The zero-order valence-electron chi connectivity index (χ0n) is 8.81. The van der Waals surface area contributed by atoms with E-state index in [0.717, 1.165) is 5.56 Å². The first kappa shape index (κ1) is 10.2. The first-order valence-corrected chi connectivity index (χ1v) is 5.19. The van der Waals surface area contributed by atoms with Gasteiger partial charge in [0.15, 0.2) is 0 Å². The SMILES string of the molecule is Cc1ccc(CN2CCC(O)C2=O)cc1. The summed E-state index contributed by atoms with van der Waals surface area (Å²) in [7, 11) is 0. The maximum absolute atomic E-state index is 11.5. The molecule has 3 heteroatoms. The summed E-state index contributed by atoms with van der Waals surface area (Å²) in [6.07, 6.45) is -0.222. The van der Waals surface area contributed by atoms with Crippen LogP contribution in [0.4, 0.5) is 0 Å². The number of aliphatic hydroxyl groups is 1. The molecule has 1 aliphatic heterocycles. The molecule has 3 nitrogen and oxygen atoms in total. The van der Waals surface area contributed by atoms with Crippen molar-refractivity contribution in [3.05, 3.63) is 35.4 Å². The lowest BCUT2D eigenvalue weighted by molar-refractivity contribution is -0.134. The van der Waals surface area contributed by atoms with E-state index in [9.17, 15) is 9.90 Å². The number of benzene rings is 1. The smallest absolute Gasteiger partial charge is 0.251 e. The number of aryl methyl sites for hydroxylation is 1. The van der Waals surface area contributed by atoms with Crippen LogP contribution in [0.3, 0.4) is 0 Å². The van der Waals surface area contributed by atoms with Gasteiger partial charge in [0.2, 0.25) is 0 Å². The van der Waals surface area contributed by atoms with Crippen molar-refractivity contribution in [1.29, 1.82) is 0 Å². The molecule has 1 aromatic rings. The Balaban J connectivity index is 2.03. The number of likely N-dealkylation sites (tertiary alicyclic amines) is 1. The monoisotopic (exact) mass is 205 g/mol. The minimum absolute atomic E-state index is 0.143. The van der Waals surface area contributed by atoms with Crippen LogP contribution in [0.25, 0.3) is 0 Å². The molecule has 1 saturated heterocycles. The van der Waals surface area contributed by atoms with Crippen LogP contribution in [0.1, 0.15) is 17.5 Å². The lowest BCUT2D eigenvalue weighted by Gasteiger charge is -2.15. The van der Waals surface area contributed by atoms with Crippen LogP contribution >= 0.6 is 0 Å². The van der Waals surface area contributed by atoms with Crippen molar-refractivity contribution in [2.45, 2.75) is 26.0 Å². The lowest BCUT2D eigenvalue weighted by atomic mass is 10.1. The van der Waals surface area contributed by atoms with Gasteiger partial charge in [-0.1, -0.05) is 29.8 Å². The maximum atomic E-state index is 11.5. The van der Waals surface area contributed by atoms with Crippen molar-refractivity contribution < 1.29 is 9.90 Å². The predicted molar refractivity (Wildman–Crippen MR) is 57.2 cm³/mol. The Bertz CT molecular complexity index is 358. The third kappa shape index (κ3) is 2.18. The second-order valence-electron chi connectivity index (χ2n) is 4.05. The number of nitrogens with zero attached hydrogens (tertiary/aromatic N) is 1. The third-order valence-corrected chi connectivity index (χ3v) is 2.76. The number of carbonyl (C=O) groups excluding carboxylic acids is 1. The van der Waals surface area contributed by atoms with Gasteiger partial charge in [-0.2, -0.15) is 0 Å². The van der Waals surface area contributed by atoms with Crippen molar-refractivity contribution in [1.82, 2.24) is 4.90 Å². The van der Waals surface area contributed by atoms with E-state index in [2.05, 4.69) is 0 Å². The molecule has 1 unspecified atom stereocenters. The summed E-state index contributed by atoms with van der Waals surface area (Å²) >= 11 is 0. The number of aliphatic hydroxyl groups excluding tert-OH is 1. The molecule has 1 atom stereocenters. The van der Waals surface area contributed by atoms with Gasteiger partial charge in [-0.25, -0.2) is 0 Å². The van der Waals surface area contributed by atoms with Crippen molar-refractivity contribution in [2.75, 3.05) is 6.54 Å². The fraction of sp³-hybridized carbons (Fsp3) is 0.417. The van der Waals surface area contributed by atoms with E-state index in [0.29, 0.717) is 19.5 Å². The fourth-order valence-corrected chi connectivity index (χ4v) is 1.79. The molecule has 80 valence electrons. The Kier molecular flexibility index (Phi) is 2.73. The van der Waals surface area contributed by atoms with E-state index in [1.165, 1.54) is 5.56 Å². The van der Waals surface area contributed by atoms with Crippen LogP contribution in [0.15, 0.2) is 24.3 Å². The van der Waals surface area contributed by atoms with Crippen LogP contribution in [-0.2, 0) is 11.3 Å². The minimum atomic E-state index is -0.782. The van der Waals surface area contributed by atoms with Crippen LogP contribution in [0, 0.1) is 6.92 Å². The molecule has 0 aromatic heterocycles. The molecule has 15 heavy (non-hydrogen) atoms. The average Bonchev–Trinajstić information content (AvgIpc) is 2.53. The fourth-order valence-electron chi connectivity index (χ4n) is 1.79. The summed E-state index contributed by atoms with van der Waals surface area (Å²) in [4.78, 5) is 13.2. The second kappa shape index (κ2) is 4.03. The van der Waals surface area contributed by atoms with Gasteiger partial charge >= 0.3 is 0 Å². The van der Waals surface area contributed by atoms with Crippen LogP contribution in [0.2, 0.25) is 0 Å². The molecule has 0 bridgehead atoms. The highest BCUT2D eigenvalue weighted by Gasteiger charge is 2.29. The Labute approximate surface area is 89.3 Å². The molecule has 1 amide bonds. The summed E-state index contributed by atoms with van der Waals surface area (Å²) in [6, 6.07) is 8.11. The molecule has 1 heterocycles. The first-order chi connectivity index (χ1) is 7.16. The van der Waals surface area contributed by atoms with Crippen molar-refractivity contribution in [3.8, 4) is 0 Å². The lowest BCUT2D eigenvalue weighted by Crippen LogP contribution is -2.28. The zero-order valence-corrected chi connectivity index (χ0v) is 8.81. The average molecular weight is 205 g/mol. The van der Waals surface area contributed by atoms with Gasteiger partial charge in [0.25, 0.3) is 5.91 Å². The minimum Gasteiger partial charge on any atom is -0.383 e. The van der Waals surface area contributed by atoms with E-state index in [1.54, 1.807) is 4.90 Å². The highest BCUT2D eigenvalue weighted by molar-refractivity contribution is 5.82. The summed E-state index contributed by atoms with van der Waals surface area (Å²) in [5.74, 6) is -0.143. The Hall–Kier alpha value is -1.35. The maximum Gasteiger partial charge on any atom is 0.251 e. The Morgan fingerprint density at radius 2 is 2.07 bits per heavy atom. The van der Waals surface area contributed by atoms with E-state index in [4.69, 9.17) is 0 Å². The third-order valence-electron chi connectivity index (χ3n) is 2.76. The van der Waals surface area contributed by atoms with Crippen LogP contribution in [-0.4, -0.2) is 28.6 Å². The summed E-state index contributed by atoms with van der Waals surface area (Å²) in [5.41, 5.74) is 2.33. The van der Waals surface area contributed by atoms with Crippen molar-refractivity contribution >= 4 is 5.91 Å². The van der Waals surface area contributed by atoms with Gasteiger partial charge in [0, 0.05) is 13.1 Å². The number of rotatable bonds is 2. The molecule has 0 radical (unpaired) electrons. The number of carbonyl (C=O) groups is 1. The molecule has 0 spiro atoms. The quantitative estimate of drug-likeness (QED) is 0.785. The molecule has 1 aliphatic rings. The number of hydrogen-bond donors (Lipinski definition) is 1. The number of hydrogen-bond acceptors (Lipinski definition) is 2. The Morgan fingerprint density at radius 3 is 2.60 bits per heavy atom. The van der Waals surface area contributed by atoms with E-state index < -0.39 is 6.10 Å². The van der Waals surface area contributed by atoms with Crippen molar-refractivity contribution in [2.24, 2.45) is 0 Å². The largest absolute Gasteiger partial charge is 0.383 e. The molecule has 0 saturated carbocycles. The number of amides is 1. The van der Waals surface area contributed by atoms with Crippen molar-refractivity contribution in [3.63, 3.8) is 0 Å². The molecular weight excluding hydrogens is 190 g/mol. The van der Waals surface area contributed by atoms with Gasteiger partial charge in [-0.3, -0.25) is 4.79 Å². The van der Waals surface area contributed by atoms with Gasteiger partial charge in [0.1, 0.15) is 6.10 Å². The molecule has 1 aromatic carbocycles. The van der Waals surface area contributed by atoms with E-state index in [-0.39, 0.29) is 5.91 Å². The summed E-state index contributed by atoms with van der Waals surface area (Å²) in [6.45, 7) is 3.30. The summed E-state index contributed by atoms with van der Waals surface area (Å²) in [5, 5.41) is 9.30. The predicted octanol–water partition coefficient (Wildman–Crippen LogP) is 1.09. The van der Waals surface area contributed by atoms with Gasteiger partial charge in [0.05, 0.1) is 0 Å². The first-order valence-electron chi connectivity index (χ1n) is 5.19. The van der Waals surface area contributed by atoms with E-state index >= 15 is 0 Å². The van der Waals surface area contributed by atoms with Crippen LogP contribution in [0.5, 0.6) is 0 Å². The molecule has 2 rings (SSSR count). The normalized spacial score (nSPS) is 21.1.